The van der Waals surface area contributed by atoms with E-state index in [1.165, 1.54) is 11.8 Å². The largest absolute Gasteiger partial charge is 0.325 e. The van der Waals surface area contributed by atoms with Crippen LogP contribution in [0.4, 0.5) is 5.69 Å². The molecule has 0 bridgehead atoms. The van der Waals surface area contributed by atoms with Crippen molar-refractivity contribution in [3.63, 3.8) is 0 Å². The maximum absolute atomic E-state index is 11.9. The van der Waals surface area contributed by atoms with Crippen LogP contribution >= 0.6 is 58.2 Å². The van der Waals surface area contributed by atoms with Gasteiger partial charge in [-0.1, -0.05) is 52.5 Å². The number of hydrogen-bond acceptors (Lipinski definition) is 2. The molecular weight excluding hydrogens is 372 g/mol. The fraction of sp³-hybridized carbons (Fsp3) is 0.0714. The predicted octanol–water partition coefficient (Wildman–Crippen LogP) is 6.03. The molecular formula is C14H9Cl4NOS. The summed E-state index contributed by atoms with van der Waals surface area (Å²) < 4.78 is 0. The fourth-order valence-corrected chi connectivity index (χ4v) is 3.31. The second kappa shape index (κ2) is 7.61. The van der Waals surface area contributed by atoms with Crippen LogP contribution in [0.2, 0.25) is 20.1 Å². The van der Waals surface area contributed by atoms with Crippen molar-refractivity contribution in [2.75, 3.05) is 11.1 Å². The van der Waals surface area contributed by atoms with Gasteiger partial charge in [-0.05, 0) is 30.3 Å². The molecule has 0 aliphatic rings. The molecule has 0 aromatic heterocycles. The second-order valence-corrected chi connectivity index (χ2v) is 6.63. The Morgan fingerprint density at radius 3 is 2.24 bits per heavy atom. The topological polar surface area (TPSA) is 29.1 Å². The Balaban J connectivity index is 1.97. The smallest absolute Gasteiger partial charge is 0.234 e. The normalized spacial score (nSPS) is 10.5. The van der Waals surface area contributed by atoms with E-state index in [1.807, 2.05) is 0 Å². The monoisotopic (exact) mass is 379 g/mol. The van der Waals surface area contributed by atoms with Crippen molar-refractivity contribution in [2.24, 2.45) is 0 Å². The molecule has 1 N–H and O–H groups in total. The van der Waals surface area contributed by atoms with Gasteiger partial charge in [-0.15, -0.1) is 11.8 Å². The Morgan fingerprint density at radius 1 is 0.952 bits per heavy atom. The SMILES string of the molecule is O=C(CSc1c(Cl)cccc1Cl)Nc1ccc(Cl)c(Cl)c1. The molecule has 0 radical (unpaired) electrons. The lowest BCUT2D eigenvalue weighted by molar-refractivity contribution is -0.113. The van der Waals surface area contributed by atoms with Crippen LogP contribution in [0.5, 0.6) is 0 Å². The van der Waals surface area contributed by atoms with Crippen LogP contribution < -0.4 is 5.32 Å². The Bertz CT molecular complexity index is 658. The van der Waals surface area contributed by atoms with E-state index in [1.54, 1.807) is 36.4 Å². The first-order valence-corrected chi connectivity index (χ1v) is 8.29. The minimum absolute atomic E-state index is 0.184. The Morgan fingerprint density at radius 2 is 1.62 bits per heavy atom. The molecule has 0 spiro atoms. The van der Waals surface area contributed by atoms with E-state index in [4.69, 9.17) is 46.4 Å². The molecule has 2 aromatic carbocycles. The summed E-state index contributed by atoms with van der Waals surface area (Å²) in [5.41, 5.74) is 0.584. The maximum atomic E-state index is 11.9. The number of thioether (sulfide) groups is 1. The lowest BCUT2D eigenvalue weighted by Crippen LogP contribution is -2.14. The van der Waals surface area contributed by atoms with Crippen LogP contribution in [-0.2, 0) is 4.79 Å². The number of carbonyl (C=O) groups excluding carboxylic acids is 1. The maximum Gasteiger partial charge on any atom is 0.234 e. The number of benzene rings is 2. The van der Waals surface area contributed by atoms with Gasteiger partial charge in [0.15, 0.2) is 0 Å². The van der Waals surface area contributed by atoms with Gasteiger partial charge in [0.1, 0.15) is 0 Å². The number of carbonyl (C=O) groups is 1. The molecule has 0 atom stereocenters. The number of amides is 1. The molecule has 2 rings (SSSR count). The molecule has 0 saturated heterocycles. The number of anilines is 1. The minimum Gasteiger partial charge on any atom is -0.325 e. The van der Waals surface area contributed by atoms with E-state index in [0.29, 0.717) is 30.7 Å². The highest BCUT2D eigenvalue weighted by Crippen LogP contribution is 2.34. The van der Waals surface area contributed by atoms with Gasteiger partial charge in [0, 0.05) is 10.6 Å². The lowest BCUT2D eigenvalue weighted by atomic mass is 10.3. The van der Waals surface area contributed by atoms with Crippen molar-refractivity contribution in [1.82, 2.24) is 0 Å². The quantitative estimate of drug-likeness (QED) is 0.656. The Labute approximate surface area is 146 Å². The van der Waals surface area contributed by atoms with Crippen molar-refractivity contribution >= 4 is 69.8 Å². The van der Waals surface area contributed by atoms with E-state index in [2.05, 4.69) is 5.32 Å². The van der Waals surface area contributed by atoms with Gasteiger partial charge in [-0.2, -0.15) is 0 Å². The number of nitrogens with one attached hydrogen (secondary N) is 1. The number of hydrogen-bond donors (Lipinski definition) is 1. The first-order valence-electron chi connectivity index (χ1n) is 5.79. The summed E-state index contributed by atoms with van der Waals surface area (Å²) in [7, 11) is 0. The summed E-state index contributed by atoms with van der Waals surface area (Å²) in [6.45, 7) is 0. The zero-order valence-corrected chi connectivity index (χ0v) is 14.3. The van der Waals surface area contributed by atoms with Gasteiger partial charge in [0.25, 0.3) is 0 Å². The average Bonchev–Trinajstić information content (AvgIpc) is 2.42. The third kappa shape index (κ3) is 4.70. The van der Waals surface area contributed by atoms with Crippen molar-refractivity contribution < 1.29 is 4.79 Å². The van der Waals surface area contributed by atoms with Crippen LogP contribution in [-0.4, -0.2) is 11.7 Å². The van der Waals surface area contributed by atoms with Gasteiger partial charge in [0.2, 0.25) is 5.91 Å². The van der Waals surface area contributed by atoms with Crippen LogP contribution in [0.15, 0.2) is 41.3 Å². The summed E-state index contributed by atoms with van der Waals surface area (Å²) in [5, 5.41) is 4.60. The van der Waals surface area contributed by atoms with Crippen LogP contribution in [0.25, 0.3) is 0 Å². The van der Waals surface area contributed by atoms with Gasteiger partial charge in [-0.25, -0.2) is 0 Å². The van der Waals surface area contributed by atoms with Crippen LogP contribution in [0, 0.1) is 0 Å². The molecule has 0 fully saturated rings. The molecule has 110 valence electrons. The second-order valence-electron chi connectivity index (χ2n) is 4.02. The van der Waals surface area contributed by atoms with Crippen molar-refractivity contribution in [3.05, 3.63) is 56.5 Å². The first kappa shape index (κ1) is 16.8. The molecule has 1 amide bonds. The molecule has 0 aliphatic heterocycles. The molecule has 2 nitrogen and oxygen atoms in total. The molecule has 0 heterocycles. The first-order chi connectivity index (χ1) is 9.97. The third-order valence-corrected chi connectivity index (χ3v) is 5.20. The van der Waals surface area contributed by atoms with E-state index in [0.717, 1.165) is 0 Å². The van der Waals surface area contributed by atoms with Gasteiger partial charge >= 0.3 is 0 Å². The Kier molecular flexibility index (Phi) is 6.08. The zero-order chi connectivity index (χ0) is 15.4. The molecule has 21 heavy (non-hydrogen) atoms. The lowest BCUT2D eigenvalue weighted by Gasteiger charge is -2.08. The van der Waals surface area contributed by atoms with E-state index in [-0.39, 0.29) is 11.7 Å². The number of rotatable bonds is 4. The van der Waals surface area contributed by atoms with Crippen LogP contribution in [0.3, 0.4) is 0 Å². The van der Waals surface area contributed by atoms with Gasteiger partial charge in [-0.3, -0.25) is 4.79 Å². The van der Waals surface area contributed by atoms with E-state index >= 15 is 0 Å². The Hall–Kier alpha value is -0.580. The fourth-order valence-electron chi connectivity index (χ4n) is 1.53. The van der Waals surface area contributed by atoms with Crippen molar-refractivity contribution in [2.45, 2.75) is 4.90 Å². The standard InChI is InChI=1S/C14H9Cl4NOS/c15-9-5-4-8(6-12(9)18)19-13(20)7-21-14-10(16)2-1-3-11(14)17/h1-6H,7H2,(H,19,20). The van der Waals surface area contributed by atoms with E-state index < -0.39 is 0 Å². The summed E-state index contributed by atoms with van der Waals surface area (Å²) in [4.78, 5) is 12.6. The summed E-state index contributed by atoms with van der Waals surface area (Å²) in [6.07, 6.45) is 0. The average molecular weight is 381 g/mol. The molecule has 0 unspecified atom stereocenters. The summed E-state index contributed by atoms with van der Waals surface area (Å²) >= 11 is 25.1. The van der Waals surface area contributed by atoms with Crippen LogP contribution in [0.1, 0.15) is 0 Å². The molecule has 0 saturated carbocycles. The van der Waals surface area contributed by atoms with E-state index in [9.17, 15) is 4.79 Å². The van der Waals surface area contributed by atoms with Gasteiger partial charge < -0.3 is 5.32 Å². The predicted molar refractivity (Wildman–Crippen MR) is 92.3 cm³/mol. The van der Waals surface area contributed by atoms with Crippen molar-refractivity contribution in [3.8, 4) is 0 Å². The molecule has 0 aliphatic carbocycles. The van der Waals surface area contributed by atoms with Gasteiger partial charge in [0.05, 0.1) is 25.8 Å². The highest BCUT2D eigenvalue weighted by molar-refractivity contribution is 8.00. The molecule has 7 heteroatoms. The van der Waals surface area contributed by atoms with Crippen molar-refractivity contribution in [1.29, 1.82) is 0 Å². The number of halogens is 4. The summed E-state index contributed by atoms with van der Waals surface area (Å²) in [6, 6.07) is 10.1. The highest BCUT2D eigenvalue weighted by atomic mass is 35.5. The third-order valence-electron chi connectivity index (χ3n) is 2.47. The highest BCUT2D eigenvalue weighted by Gasteiger charge is 2.10. The zero-order valence-electron chi connectivity index (χ0n) is 10.5. The molecule has 2 aromatic rings. The minimum atomic E-state index is -0.186. The summed E-state index contributed by atoms with van der Waals surface area (Å²) in [5.74, 6) is -0.00154.